The predicted molar refractivity (Wildman–Crippen MR) is 117 cm³/mol. The molecule has 2 aromatic rings. The Bertz CT molecular complexity index is 1120. The number of aromatic nitrogens is 2. The summed E-state index contributed by atoms with van der Waals surface area (Å²) < 4.78 is 14.3. The fraction of sp³-hybridized carbons (Fsp3) is 0.455. The summed E-state index contributed by atoms with van der Waals surface area (Å²) in [6, 6.07) is 5.10. The van der Waals surface area contributed by atoms with Crippen LogP contribution in [0, 0.1) is 5.82 Å². The van der Waals surface area contributed by atoms with Crippen molar-refractivity contribution in [2.24, 2.45) is 7.05 Å². The Labute approximate surface area is 190 Å². The van der Waals surface area contributed by atoms with Gasteiger partial charge in [0.2, 0.25) is 5.75 Å². The van der Waals surface area contributed by atoms with Crippen molar-refractivity contribution in [2.45, 2.75) is 31.6 Å². The molecule has 2 fully saturated rings. The van der Waals surface area contributed by atoms with Gasteiger partial charge in [0.05, 0.1) is 6.04 Å². The highest BCUT2D eigenvalue weighted by molar-refractivity contribution is 5.94. The van der Waals surface area contributed by atoms with E-state index < -0.39 is 40.9 Å². The third-order valence-corrected chi connectivity index (χ3v) is 6.19. The highest BCUT2D eigenvalue weighted by atomic mass is 19.1. The van der Waals surface area contributed by atoms with Gasteiger partial charge in [0, 0.05) is 33.2 Å². The molecule has 1 aromatic heterocycles. The molecule has 2 amide bonds. The third kappa shape index (κ3) is 4.46. The maximum Gasteiger partial charge on any atom is 0.296 e. The molecule has 0 radical (unpaired) electrons. The smallest absolute Gasteiger partial charge is 0.296 e. The summed E-state index contributed by atoms with van der Waals surface area (Å²) in [5.74, 6) is -1.75. The van der Waals surface area contributed by atoms with Crippen LogP contribution in [-0.2, 0) is 18.4 Å². The molecule has 2 aliphatic heterocycles. The van der Waals surface area contributed by atoms with Crippen LogP contribution in [0.5, 0.6) is 5.75 Å². The molecule has 3 N–H and O–H groups in total. The van der Waals surface area contributed by atoms with E-state index in [0.717, 1.165) is 13.0 Å². The van der Waals surface area contributed by atoms with E-state index in [2.05, 4.69) is 15.6 Å². The summed E-state index contributed by atoms with van der Waals surface area (Å²) in [6.45, 7) is 2.04. The highest BCUT2D eigenvalue weighted by Gasteiger charge is 2.39. The van der Waals surface area contributed by atoms with Crippen LogP contribution in [0.25, 0.3) is 0 Å². The summed E-state index contributed by atoms with van der Waals surface area (Å²) in [7, 11) is 3.33. The second-order valence-corrected chi connectivity index (χ2v) is 8.37. The molecule has 176 valence electrons. The molecule has 0 bridgehead atoms. The van der Waals surface area contributed by atoms with Crippen LogP contribution in [0.4, 0.5) is 4.39 Å². The third-order valence-electron chi connectivity index (χ3n) is 6.19. The van der Waals surface area contributed by atoms with Crippen molar-refractivity contribution in [2.75, 3.05) is 26.7 Å². The molecular weight excluding hydrogens is 431 g/mol. The summed E-state index contributed by atoms with van der Waals surface area (Å²) in [5, 5.41) is 16.1. The van der Waals surface area contributed by atoms with E-state index in [-0.39, 0.29) is 18.3 Å². The number of benzene rings is 1. The molecule has 0 saturated carbocycles. The first-order valence-electron chi connectivity index (χ1n) is 10.8. The zero-order valence-corrected chi connectivity index (χ0v) is 18.5. The molecule has 4 rings (SSSR count). The monoisotopic (exact) mass is 458 g/mol. The molecule has 10 nitrogen and oxygen atoms in total. The Kier molecular flexibility index (Phi) is 6.43. The number of likely N-dealkylation sites (N-methyl/N-ethyl adjacent to an activating group) is 1. The summed E-state index contributed by atoms with van der Waals surface area (Å²) >= 11 is 0. The molecule has 3 heterocycles. The quantitative estimate of drug-likeness (QED) is 0.581. The molecule has 2 atom stereocenters. The maximum atomic E-state index is 13.2. The normalized spacial score (nSPS) is 20.9. The molecule has 11 heteroatoms. The molecule has 33 heavy (non-hydrogen) atoms. The fourth-order valence-electron chi connectivity index (χ4n) is 4.33. The van der Waals surface area contributed by atoms with Gasteiger partial charge < -0.3 is 15.3 Å². The largest absolute Gasteiger partial charge is 0.501 e. The van der Waals surface area contributed by atoms with Crippen LogP contribution in [-0.4, -0.2) is 69.1 Å². The van der Waals surface area contributed by atoms with Gasteiger partial charge in [0.25, 0.3) is 17.4 Å². The summed E-state index contributed by atoms with van der Waals surface area (Å²) in [6.07, 6.45) is 0.873. The lowest BCUT2D eigenvalue weighted by atomic mass is 10.1. The van der Waals surface area contributed by atoms with Crippen molar-refractivity contribution in [3.05, 3.63) is 57.5 Å². The molecular formula is C22H27FN6O4. The topological polar surface area (TPSA) is 120 Å². The Hall–Kier alpha value is -3.31. The molecule has 0 spiro atoms. The number of carbonyl (C=O) groups is 2. The lowest BCUT2D eigenvalue weighted by Gasteiger charge is -2.30. The van der Waals surface area contributed by atoms with Crippen LogP contribution < -0.4 is 16.2 Å². The summed E-state index contributed by atoms with van der Waals surface area (Å²) in [4.78, 5) is 46.5. The van der Waals surface area contributed by atoms with Gasteiger partial charge in [-0.25, -0.2) is 9.37 Å². The van der Waals surface area contributed by atoms with Crippen molar-refractivity contribution >= 4 is 11.8 Å². The number of carbonyl (C=O) groups excluding carboxylic acids is 2. The molecule has 1 aromatic carbocycles. The van der Waals surface area contributed by atoms with Gasteiger partial charge in [-0.3, -0.25) is 29.2 Å². The first-order valence-corrected chi connectivity index (χ1v) is 10.8. The SMILES string of the molecule is CN1CCNC1C(=O)N1CCCC1c1nc(C(=O)NCc2ccc(F)cc2)c(O)c(=O)n1C. The van der Waals surface area contributed by atoms with Crippen LogP contribution in [0.1, 0.15) is 40.8 Å². The zero-order valence-electron chi connectivity index (χ0n) is 18.5. The number of amides is 2. The van der Waals surface area contributed by atoms with Crippen LogP contribution in [0.2, 0.25) is 0 Å². The maximum absolute atomic E-state index is 13.2. The van der Waals surface area contributed by atoms with Gasteiger partial charge >= 0.3 is 0 Å². The predicted octanol–water partition coefficient (Wildman–Crippen LogP) is 0.0796. The highest BCUT2D eigenvalue weighted by Crippen LogP contribution is 2.32. The second-order valence-electron chi connectivity index (χ2n) is 8.37. The van der Waals surface area contributed by atoms with E-state index in [4.69, 9.17) is 0 Å². The van der Waals surface area contributed by atoms with Crippen LogP contribution in [0.3, 0.4) is 0 Å². The number of hydrogen-bond donors (Lipinski definition) is 3. The summed E-state index contributed by atoms with van der Waals surface area (Å²) in [5.41, 5.74) is -0.512. The van der Waals surface area contributed by atoms with Gasteiger partial charge in [0.15, 0.2) is 5.69 Å². The van der Waals surface area contributed by atoms with Crippen molar-refractivity contribution in [1.29, 1.82) is 0 Å². The molecule has 2 unspecified atom stereocenters. The average Bonchev–Trinajstić information content (AvgIpc) is 3.46. The van der Waals surface area contributed by atoms with E-state index in [1.54, 1.807) is 4.90 Å². The van der Waals surface area contributed by atoms with E-state index in [9.17, 15) is 23.9 Å². The first-order chi connectivity index (χ1) is 15.8. The second kappa shape index (κ2) is 9.28. The van der Waals surface area contributed by atoms with Crippen molar-refractivity contribution in [1.82, 2.24) is 30.0 Å². The van der Waals surface area contributed by atoms with E-state index in [0.29, 0.717) is 25.1 Å². The molecule has 2 saturated heterocycles. The van der Waals surface area contributed by atoms with E-state index in [1.807, 2.05) is 11.9 Å². The van der Waals surface area contributed by atoms with E-state index >= 15 is 0 Å². The molecule has 2 aliphatic rings. The van der Waals surface area contributed by atoms with Gasteiger partial charge in [-0.2, -0.15) is 0 Å². The lowest BCUT2D eigenvalue weighted by Crippen LogP contribution is -2.49. The zero-order chi connectivity index (χ0) is 23.7. The van der Waals surface area contributed by atoms with Crippen molar-refractivity contribution in [3.63, 3.8) is 0 Å². The molecule has 0 aliphatic carbocycles. The first kappa shape index (κ1) is 22.9. The minimum atomic E-state index is -0.762. The average molecular weight is 458 g/mol. The van der Waals surface area contributed by atoms with Gasteiger partial charge in [0.1, 0.15) is 17.8 Å². The van der Waals surface area contributed by atoms with E-state index in [1.165, 1.54) is 35.9 Å². The fourth-order valence-corrected chi connectivity index (χ4v) is 4.33. The Morgan fingerprint density at radius 2 is 1.97 bits per heavy atom. The number of hydrogen-bond acceptors (Lipinski definition) is 7. The standard InChI is InChI=1S/C22H27FN6O4/c1-27-11-9-24-19(27)22(33)29-10-3-4-15(29)18-26-16(17(30)21(32)28(18)2)20(31)25-12-13-5-7-14(23)8-6-13/h5-8,15,19,24,30H,3-4,9-12H2,1-2H3,(H,25,31). The van der Waals surface area contributed by atoms with Crippen molar-refractivity contribution in [3.8, 4) is 5.75 Å². The van der Waals surface area contributed by atoms with Gasteiger partial charge in [-0.1, -0.05) is 12.1 Å². The number of aromatic hydroxyl groups is 1. The van der Waals surface area contributed by atoms with Crippen LogP contribution in [0.15, 0.2) is 29.1 Å². The van der Waals surface area contributed by atoms with Crippen molar-refractivity contribution < 1.29 is 19.1 Å². The van der Waals surface area contributed by atoms with Gasteiger partial charge in [-0.15, -0.1) is 0 Å². The van der Waals surface area contributed by atoms with Crippen LogP contribution >= 0.6 is 0 Å². The Morgan fingerprint density at radius 3 is 2.64 bits per heavy atom. The number of nitrogens with zero attached hydrogens (tertiary/aromatic N) is 4. The Morgan fingerprint density at radius 1 is 1.24 bits per heavy atom. The Balaban J connectivity index is 1.59. The minimum Gasteiger partial charge on any atom is -0.501 e. The number of nitrogens with one attached hydrogen (secondary N) is 2. The lowest BCUT2D eigenvalue weighted by molar-refractivity contribution is -0.137. The number of rotatable bonds is 5. The van der Waals surface area contributed by atoms with Gasteiger partial charge in [-0.05, 0) is 37.6 Å². The number of halogens is 1. The minimum absolute atomic E-state index is 0.0680. The number of likely N-dealkylation sites (tertiary alicyclic amines) is 1.